The molecule has 0 unspecified atom stereocenters. The molecule has 24 heavy (non-hydrogen) atoms. The van der Waals surface area contributed by atoms with E-state index in [2.05, 4.69) is 15.9 Å². The zero-order chi connectivity index (χ0) is 17.5. The molecule has 0 aliphatic carbocycles. The van der Waals surface area contributed by atoms with Crippen molar-refractivity contribution in [2.45, 2.75) is 0 Å². The number of hydrogen-bond donors (Lipinski definition) is 0. The minimum atomic E-state index is -0.714. The van der Waals surface area contributed by atoms with Gasteiger partial charge >= 0.3 is 5.97 Å². The van der Waals surface area contributed by atoms with Crippen molar-refractivity contribution in [2.24, 2.45) is 0 Å². The van der Waals surface area contributed by atoms with Gasteiger partial charge in [-0.1, -0.05) is 22.0 Å². The van der Waals surface area contributed by atoms with E-state index < -0.39 is 10.9 Å². The van der Waals surface area contributed by atoms with Gasteiger partial charge in [0.25, 0.3) is 5.69 Å². The maximum absolute atomic E-state index is 12.1. The van der Waals surface area contributed by atoms with Crippen LogP contribution in [0.4, 0.5) is 5.69 Å². The molecule has 0 spiro atoms. The van der Waals surface area contributed by atoms with E-state index in [0.717, 1.165) is 10.5 Å². The monoisotopic (exact) mass is 395 g/mol. The van der Waals surface area contributed by atoms with Crippen molar-refractivity contribution in [2.75, 3.05) is 20.3 Å². The summed E-state index contributed by atoms with van der Waals surface area (Å²) in [5.41, 5.74) is -0.220. The van der Waals surface area contributed by atoms with E-state index in [4.69, 9.17) is 14.2 Å². The molecule has 2 rings (SSSR count). The third-order valence-corrected chi connectivity index (χ3v) is 3.49. The number of ether oxygens (including phenoxy) is 3. The molecule has 7 nitrogen and oxygen atoms in total. The molecule has 0 amide bonds. The van der Waals surface area contributed by atoms with Crippen LogP contribution in [0.3, 0.4) is 0 Å². The maximum atomic E-state index is 12.1. The number of rotatable bonds is 7. The van der Waals surface area contributed by atoms with Crippen LogP contribution in [0, 0.1) is 10.1 Å². The number of nitrogens with zero attached hydrogens (tertiary/aromatic N) is 1. The second-order valence-electron chi connectivity index (χ2n) is 4.58. The Kier molecular flexibility index (Phi) is 6.14. The van der Waals surface area contributed by atoms with E-state index in [1.165, 1.54) is 19.2 Å². The van der Waals surface area contributed by atoms with Gasteiger partial charge in [0.2, 0.25) is 0 Å². The Morgan fingerprint density at radius 3 is 2.67 bits per heavy atom. The molecular weight excluding hydrogens is 382 g/mol. The number of nitro groups is 1. The first kappa shape index (κ1) is 17.7. The first-order valence-electron chi connectivity index (χ1n) is 6.89. The number of carbonyl (C=O) groups is 1. The van der Waals surface area contributed by atoms with Crippen LogP contribution in [0.25, 0.3) is 0 Å². The van der Waals surface area contributed by atoms with Crippen molar-refractivity contribution in [3.8, 4) is 11.5 Å². The lowest BCUT2D eigenvalue weighted by Crippen LogP contribution is -2.13. The van der Waals surface area contributed by atoms with Crippen molar-refractivity contribution >= 4 is 27.6 Å². The van der Waals surface area contributed by atoms with Gasteiger partial charge in [-0.05, 0) is 24.3 Å². The Labute approximate surface area is 146 Å². The largest absolute Gasteiger partial charge is 0.496 e. The lowest BCUT2D eigenvalue weighted by Gasteiger charge is -2.10. The molecule has 8 heteroatoms. The summed E-state index contributed by atoms with van der Waals surface area (Å²) in [4.78, 5) is 22.3. The van der Waals surface area contributed by atoms with Crippen LogP contribution in [-0.2, 0) is 4.74 Å². The number of benzene rings is 2. The second kappa shape index (κ2) is 8.30. The topological polar surface area (TPSA) is 87.9 Å². The normalized spacial score (nSPS) is 10.1. The number of hydrogen-bond acceptors (Lipinski definition) is 6. The molecule has 0 aliphatic rings. The van der Waals surface area contributed by atoms with E-state index in [1.807, 2.05) is 12.1 Å². The number of halogens is 1. The minimum Gasteiger partial charge on any atom is -0.496 e. The van der Waals surface area contributed by atoms with Crippen molar-refractivity contribution in [3.05, 3.63) is 62.6 Å². The van der Waals surface area contributed by atoms with Crippen molar-refractivity contribution in [1.29, 1.82) is 0 Å². The molecule has 0 aliphatic heterocycles. The molecule has 2 aromatic carbocycles. The van der Waals surface area contributed by atoms with Gasteiger partial charge in [-0.15, -0.1) is 0 Å². The van der Waals surface area contributed by atoms with E-state index >= 15 is 0 Å². The summed E-state index contributed by atoms with van der Waals surface area (Å²) in [7, 11) is 1.37. The highest BCUT2D eigenvalue weighted by molar-refractivity contribution is 9.10. The van der Waals surface area contributed by atoms with Gasteiger partial charge in [0, 0.05) is 16.6 Å². The van der Waals surface area contributed by atoms with Crippen LogP contribution in [0.2, 0.25) is 0 Å². The summed E-state index contributed by atoms with van der Waals surface area (Å²) in [5, 5.41) is 10.8. The fourth-order valence-electron chi connectivity index (χ4n) is 1.90. The summed E-state index contributed by atoms with van der Waals surface area (Å²) in [5.74, 6) is 0.125. The fourth-order valence-corrected chi connectivity index (χ4v) is 2.28. The maximum Gasteiger partial charge on any atom is 0.342 e. The van der Waals surface area contributed by atoms with Crippen LogP contribution in [-0.4, -0.2) is 31.2 Å². The molecule has 0 saturated heterocycles. The molecule has 0 saturated carbocycles. The molecule has 0 N–H and O–H groups in total. The molecule has 126 valence electrons. The number of methoxy groups -OCH3 is 1. The van der Waals surface area contributed by atoms with E-state index in [0.29, 0.717) is 5.75 Å². The summed E-state index contributed by atoms with van der Waals surface area (Å²) in [6.07, 6.45) is 0. The summed E-state index contributed by atoms with van der Waals surface area (Å²) >= 11 is 3.32. The van der Waals surface area contributed by atoms with Crippen molar-refractivity contribution in [1.82, 2.24) is 0 Å². The average molecular weight is 396 g/mol. The minimum absolute atomic E-state index is 0.00278. The van der Waals surface area contributed by atoms with E-state index in [1.54, 1.807) is 12.1 Å². The summed E-state index contributed by atoms with van der Waals surface area (Å²) < 4.78 is 16.4. The quantitative estimate of drug-likeness (QED) is 0.308. The van der Waals surface area contributed by atoms with Crippen LogP contribution in [0.1, 0.15) is 10.4 Å². The Morgan fingerprint density at radius 1 is 1.21 bits per heavy atom. The molecule has 2 aromatic rings. The Bertz CT molecular complexity index is 749. The smallest absolute Gasteiger partial charge is 0.342 e. The van der Waals surface area contributed by atoms with Crippen molar-refractivity contribution < 1.29 is 23.9 Å². The van der Waals surface area contributed by atoms with Gasteiger partial charge < -0.3 is 14.2 Å². The second-order valence-corrected chi connectivity index (χ2v) is 5.50. The SMILES string of the molecule is COc1ccc([N+](=O)[O-])cc1C(=O)OCCOc1cccc(Br)c1. The Hall–Kier alpha value is -2.61. The molecule has 0 aromatic heterocycles. The highest BCUT2D eigenvalue weighted by atomic mass is 79.9. The van der Waals surface area contributed by atoms with Crippen LogP contribution in [0.5, 0.6) is 11.5 Å². The third kappa shape index (κ3) is 4.69. The van der Waals surface area contributed by atoms with Gasteiger partial charge in [0.15, 0.2) is 0 Å². The summed E-state index contributed by atoms with van der Waals surface area (Å²) in [6, 6.07) is 11.0. The first-order chi connectivity index (χ1) is 11.5. The van der Waals surface area contributed by atoms with Crippen LogP contribution >= 0.6 is 15.9 Å². The molecule has 0 heterocycles. The lowest BCUT2D eigenvalue weighted by atomic mass is 10.2. The number of esters is 1. The van der Waals surface area contributed by atoms with Gasteiger partial charge in [0.05, 0.1) is 12.0 Å². The first-order valence-corrected chi connectivity index (χ1v) is 7.68. The predicted octanol–water partition coefficient (Wildman–Crippen LogP) is 3.60. The predicted molar refractivity (Wildman–Crippen MR) is 89.6 cm³/mol. The van der Waals surface area contributed by atoms with Gasteiger partial charge in [-0.25, -0.2) is 4.79 Å². The molecule has 0 radical (unpaired) electrons. The third-order valence-electron chi connectivity index (χ3n) is 3.00. The van der Waals surface area contributed by atoms with E-state index in [9.17, 15) is 14.9 Å². The van der Waals surface area contributed by atoms with Gasteiger partial charge in [-0.2, -0.15) is 0 Å². The average Bonchev–Trinajstić information content (AvgIpc) is 2.58. The Balaban J connectivity index is 1.94. The number of nitro benzene ring substituents is 1. The van der Waals surface area contributed by atoms with Crippen LogP contribution in [0.15, 0.2) is 46.9 Å². The van der Waals surface area contributed by atoms with Gasteiger partial charge in [0.1, 0.15) is 30.3 Å². The molecule has 0 bridgehead atoms. The zero-order valence-electron chi connectivity index (χ0n) is 12.7. The van der Waals surface area contributed by atoms with Crippen LogP contribution < -0.4 is 9.47 Å². The number of carbonyl (C=O) groups excluding carboxylic acids is 1. The molecule has 0 fully saturated rings. The number of non-ortho nitro benzene ring substituents is 1. The summed E-state index contributed by atoms with van der Waals surface area (Å²) in [6.45, 7) is 0.149. The molecular formula is C16H14BrNO6. The highest BCUT2D eigenvalue weighted by Crippen LogP contribution is 2.24. The zero-order valence-corrected chi connectivity index (χ0v) is 14.3. The van der Waals surface area contributed by atoms with Crippen molar-refractivity contribution in [3.63, 3.8) is 0 Å². The van der Waals surface area contributed by atoms with E-state index in [-0.39, 0.29) is 30.2 Å². The molecule has 0 atom stereocenters. The standard InChI is InChI=1S/C16H14BrNO6/c1-22-15-6-5-12(18(20)21)10-14(15)16(19)24-8-7-23-13-4-2-3-11(17)9-13/h2-6,9-10H,7-8H2,1H3. The fraction of sp³-hybridized carbons (Fsp3) is 0.188. The highest BCUT2D eigenvalue weighted by Gasteiger charge is 2.18. The van der Waals surface area contributed by atoms with Gasteiger partial charge in [-0.3, -0.25) is 10.1 Å². The Morgan fingerprint density at radius 2 is 2.00 bits per heavy atom. The lowest BCUT2D eigenvalue weighted by molar-refractivity contribution is -0.384.